The van der Waals surface area contributed by atoms with Gasteiger partial charge in [0.2, 0.25) is 0 Å². The number of pyridine rings is 3. The summed E-state index contributed by atoms with van der Waals surface area (Å²) in [6, 6.07) is 16.0. The number of hydrogen-bond acceptors (Lipinski definition) is 5. The zero-order valence-corrected chi connectivity index (χ0v) is 19.5. The summed E-state index contributed by atoms with van der Waals surface area (Å²) in [5, 5.41) is 6.49. The molecule has 0 radical (unpaired) electrons. The normalized spacial score (nSPS) is 15.3. The predicted octanol–water partition coefficient (Wildman–Crippen LogP) is 4.59. The summed E-state index contributed by atoms with van der Waals surface area (Å²) >= 11 is 0. The number of carbonyl (C=O) groups is 1. The molecule has 0 spiro atoms. The second-order valence-electron chi connectivity index (χ2n) is 9.01. The maximum atomic E-state index is 14.3. The van der Waals surface area contributed by atoms with Crippen molar-refractivity contribution in [3.05, 3.63) is 114 Å². The molecule has 6 aromatic rings. The fraction of sp³-hybridized carbons (Fsp3) is 0.107. The summed E-state index contributed by atoms with van der Waals surface area (Å²) in [7, 11) is 0. The van der Waals surface area contributed by atoms with Crippen LogP contribution >= 0.6 is 0 Å². The zero-order valence-electron chi connectivity index (χ0n) is 19.5. The summed E-state index contributed by atoms with van der Waals surface area (Å²) in [6.45, 7) is 0.502. The topological polar surface area (TPSA) is 92.1 Å². The first-order valence-electron chi connectivity index (χ1n) is 11.9. The van der Waals surface area contributed by atoms with E-state index in [-0.39, 0.29) is 11.6 Å². The van der Waals surface area contributed by atoms with E-state index in [1.807, 2.05) is 41.4 Å². The van der Waals surface area contributed by atoms with Gasteiger partial charge in [-0.05, 0) is 35.7 Å². The van der Waals surface area contributed by atoms with Gasteiger partial charge in [-0.1, -0.05) is 24.3 Å². The van der Waals surface area contributed by atoms with E-state index in [2.05, 4.69) is 20.1 Å². The maximum absolute atomic E-state index is 14.3. The molecule has 0 aliphatic carbocycles. The molecule has 1 amide bonds. The summed E-state index contributed by atoms with van der Waals surface area (Å²) < 4.78 is 15.9. The number of carbonyl (C=O) groups excluding carboxylic acids is 1. The number of H-pyrrole nitrogens is 1. The molecule has 6 heterocycles. The number of fused-ring (bicyclic) bond motifs is 3. The first kappa shape index (κ1) is 21.4. The lowest BCUT2D eigenvalue weighted by Crippen LogP contribution is -2.41. The van der Waals surface area contributed by atoms with E-state index in [4.69, 9.17) is 4.98 Å². The van der Waals surface area contributed by atoms with E-state index in [0.29, 0.717) is 29.6 Å². The minimum atomic E-state index is -0.441. The highest BCUT2D eigenvalue weighted by atomic mass is 19.1. The van der Waals surface area contributed by atoms with Gasteiger partial charge in [-0.2, -0.15) is 5.10 Å². The van der Waals surface area contributed by atoms with Gasteiger partial charge < -0.3 is 9.88 Å². The number of rotatable bonds is 3. The Morgan fingerprint density at radius 2 is 1.89 bits per heavy atom. The number of aromatic nitrogens is 6. The van der Waals surface area contributed by atoms with Gasteiger partial charge in [0.05, 0.1) is 35.0 Å². The van der Waals surface area contributed by atoms with Gasteiger partial charge in [0.15, 0.2) is 0 Å². The highest BCUT2D eigenvalue weighted by Crippen LogP contribution is 2.35. The Bertz CT molecular complexity index is 1810. The number of amides is 1. The molecule has 1 aliphatic heterocycles. The fourth-order valence-corrected chi connectivity index (χ4v) is 5.09. The van der Waals surface area contributed by atoms with Crippen LogP contribution in [0.25, 0.3) is 27.5 Å². The van der Waals surface area contributed by atoms with Gasteiger partial charge in [0.25, 0.3) is 5.91 Å². The molecule has 1 aliphatic rings. The van der Waals surface area contributed by atoms with Crippen LogP contribution in [0.1, 0.15) is 33.5 Å². The Balaban J connectivity index is 1.30. The van der Waals surface area contributed by atoms with Crippen molar-refractivity contribution < 1.29 is 9.18 Å². The molecule has 5 aromatic heterocycles. The Labute approximate surface area is 210 Å². The molecule has 1 N–H and O–H groups in total. The van der Waals surface area contributed by atoms with Gasteiger partial charge in [-0.3, -0.25) is 14.8 Å². The third kappa shape index (κ3) is 3.47. The standard InChI is InChI=1S/C28H20FN7O/c29-21-6-3-10-30-25(21)19-7-8-24-20(14-34-36(24)15-19)28(37)35-11-9-22-26(33-16-32-22)27(35)23-12-17-4-1-2-5-18(17)13-31-23/h1-8,10,12-16,27H,9,11H2,(H,32,33)/t27-/m1/s1. The second kappa shape index (κ2) is 8.34. The molecular formula is C28H20FN7O. The Morgan fingerprint density at radius 1 is 1.00 bits per heavy atom. The van der Waals surface area contributed by atoms with Crippen LogP contribution in [0.2, 0.25) is 0 Å². The quantitative estimate of drug-likeness (QED) is 0.393. The van der Waals surface area contributed by atoms with E-state index in [9.17, 15) is 9.18 Å². The highest BCUT2D eigenvalue weighted by molar-refractivity contribution is 6.01. The number of hydrogen-bond donors (Lipinski definition) is 1. The predicted molar refractivity (Wildman–Crippen MR) is 135 cm³/mol. The van der Waals surface area contributed by atoms with E-state index in [0.717, 1.165) is 27.9 Å². The second-order valence-corrected chi connectivity index (χ2v) is 9.01. The summed E-state index contributed by atoms with van der Waals surface area (Å²) in [5.74, 6) is -0.584. The molecule has 9 heteroatoms. The van der Waals surface area contributed by atoms with Gasteiger partial charge in [0.1, 0.15) is 17.6 Å². The molecule has 0 fully saturated rings. The molecule has 180 valence electrons. The molecular weight excluding hydrogens is 469 g/mol. The number of nitrogens with one attached hydrogen (secondary N) is 1. The zero-order chi connectivity index (χ0) is 24.9. The number of imidazole rings is 1. The lowest BCUT2D eigenvalue weighted by atomic mass is 9.97. The van der Waals surface area contributed by atoms with E-state index < -0.39 is 11.9 Å². The molecule has 0 saturated heterocycles. The van der Waals surface area contributed by atoms with Crippen molar-refractivity contribution in [2.24, 2.45) is 0 Å². The highest BCUT2D eigenvalue weighted by Gasteiger charge is 2.36. The number of benzene rings is 1. The van der Waals surface area contributed by atoms with Crippen LogP contribution in [0.15, 0.2) is 85.7 Å². The van der Waals surface area contributed by atoms with Crippen molar-refractivity contribution in [1.29, 1.82) is 0 Å². The Kier molecular flexibility index (Phi) is 4.81. The van der Waals surface area contributed by atoms with Crippen molar-refractivity contribution in [2.75, 3.05) is 6.54 Å². The van der Waals surface area contributed by atoms with Crippen LogP contribution in [-0.2, 0) is 6.42 Å². The third-order valence-electron chi connectivity index (χ3n) is 6.90. The maximum Gasteiger partial charge on any atom is 0.258 e. The fourth-order valence-electron chi connectivity index (χ4n) is 5.09. The first-order valence-corrected chi connectivity index (χ1v) is 11.9. The van der Waals surface area contributed by atoms with E-state index >= 15 is 0 Å². The molecule has 0 saturated carbocycles. The number of nitrogens with zero attached hydrogens (tertiary/aromatic N) is 6. The van der Waals surface area contributed by atoms with Crippen LogP contribution in [0.4, 0.5) is 4.39 Å². The Morgan fingerprint density at radius 3 is 2.78 bits per heavy atom. The number of aromatic amines is 1. The molecule has 0 unspecified atom stereocenters. The molecule has 8 nitrogen and oxygen atoms in total. The lowest BCUT2D eigenvalue weighted by Gasteiger charge is -2.34. The third-order valence-corrected chi connectivity index (χ3v) is 6.90. The average molecular weight is 490 g/mol. The van der Waals surface area contributed by atoms with Crippen LogP contribution < -0.4 is 0 Å². The Hall–Kier alpha value is -4.92. The molecule has 7 rings (SSSR count). The summed E-state index contributed by atoms with van der Waals surface area (Å²) in [4.78, 5) is 32.5. The summed E-state index contributed by atoms with van der Waals surface area (Å²) in [5.41, 5.74) is 4.45. The van der Waals surface area contributed by atoms with Crippen molar-refractivity contribution in [1.82, 2.24) is 34.4 Å². The van der Waals surface area contributed by atoms with Crippen molar-refractivity contribution in [3.8, 4) is 11.3 Å². The monoisotopic (exact) mass is 489 g/mol. The van der Waals surface area contributed by atoms with Gasteiger partial charge in [-0.25, -0.2) is 13.9 Å². The molecule has 0 bridgehead atoms. The lowest BCUT2D eigenvalue weighted by molar-refractivity contribution is 0.0689. The number of halogens is 1. The minimum absolute atomic E-state index is 0.166. The van der Waals surface area contributed by atoms with Crippen LogP contribution in [0.5, 0.6) is 0 Å². The van der Waals surface area contributed by atoms with Crippen molar-refractivity contribution >= 4 is 22.2 Å². The van der Waals surface area contributed by atoms with Crippen LogP contribution in [-0.4, -0.2) is 46.9 Å². The van der Waals surface area contributed by atoms with E-state index in [1.165, 1.54) is 6.07 Å². The average Bonchev–Trinajstić information content (AvgIpc) is 3.59. The van der Waals surface area contributed by atoms with Gasteiger partial charge in [-0.15, -0.1) is 0 Å². The largest absolute Gasteiger partial charge is 0.348 e. The van der Waals surface area contributed by atoms with Gasteiger partial charge in [0, 0.05) is 48.2 Å². The smallest absolute Gasteiger partial charge is 0.258 e. The van der Waals surface area contributed by atoms with E-state index in [1.54, 1.807) is 47.6 Å². The SMILES string of the molecule is O=C(c1cnn2cc(-c3ncccc3F)ccc12)N1CCc2[nH]cnc2[C@H]1c1cc2ccccc2cn1. The van der Waals surface area contributed by atoms with Gasteiger partial charge >= 0.3 is 0 Å². The van der Waals surface area contributed by atoms with Crippen molar-refractivity contribution in [3.63, 3.8) is 0 Å². The van der Waals surface area contributed by atoms with Crippen molar-refractivity contribution in [2.45, 2.75) is 12.5 Å². The first-order chi connectivity index (χ1) is 18.2. The summed E-state index contributed by atoms with van der Waals surface area (Å²) in [6.07, 6.45) is 8.94. The van der Waals surface area contributed by atoms with Crippen LogP contribution in [0.3, 0.4) is 0 Å². The molecule has 37 heavy (non-hydrogen) atoms. The minimum Gasteiger partial charge on any atom is -0.348 e. The van der Waals surface area contributed by atoms with Crippen LogP contribution in [0, 0.1) is 5.82 Å². The molecule has 1 aromatic carbocycles. The molecule has 1 atom stereocenters.